The van der Waals surface area contributed by atoms with Crippen LogP contribution >= 0.6 is 0 Å². The smallest absolute Gasteiger partial charge is 0.412 e. The van der Waals surface area contributed by atoms with Crippen molar-refractivity contribution in [3.63, 3.8) is 0 Å². The molecular weight excluding hydrogens is 200 g/mol. The van der Waals surface area contributed by atoms with E-state index >= 15 is 0 Å². The molecular formula is H8CaMoO4+2. The normalized spacial score (nSPS) is 0. The van der Waals surface area contributed by atoms with Crippen LogP contribution in [0.15, 0.2) is 0 Å². The summed E-state index contributed by atoms with van der Waals surface area (Å²) in [5.41, 5.74) is 0. The molecule has 0 heterocycles. The zero-order valence-electron chi connectivity index (χ0n) is 3.12. The Morgan fingerprint density at radius 2 is 0.500 bits per heavy atom. The molecule has 0 fully saturated rings. The van der Waals surface area contributed by atoms with E-state index < -0.39 is 0 Å². The molecule has 0 unspecified atom stereocenters. The van der Waals surface area contributed by atoms with Crippen LogP contribution in [-0.4, -0.2) is 59.6 Å². The van der Waals surface area contributed by atoms with Gasteiger partial charge in [-0.1, -0.05) is 0 Å². The van der Waals surface area contributed by atoms with E-state index in [0.29, 0.717) is 0 Å². The van der Waals surface area contributed by atoms with Gasteiger partial charge in [-0.15, -0.1) is 0 Å². The van der Waals surface area contributed by atoms with E-state index in [1.165, 1.54) is 0 Å². The number of hydrogen-bond donors (Lipinski definition) is 0. The second-order valence-electron chi connectivity index (χ2n) is 0. The molecule has 0 aliphatic heterocycles. The molecule has 0 atom stereocenters. The van der Waals surface area contributed by atoms with E-state index in [4.69, 9.17) is 0 Å². The van der Waals surface area contributed by atoms with Crippen LogP contribution in [-0.2, 0) is 21.1 Å². The third kappa shape index (κ3) is 41.5. The Balaban J connectivity index is 0. The third-order valence-electron chi connectivity index (χ3n) is 0. The summed E-state index contributed by atoms with van der Waals surface area (Å²) in [6.07, 6.45) is 0. The minimum absolute atomic E-state index is 0. The van der Waals surface area contributed by atoms with Gasteiger partial charge in [0.05, 0.1) is 0 Å². The first kappa shape index (κ1) is 112. The molecule has 0 saturated heterocycles. The molecule has 6 heteroatoms. The Bertz CT molecular complexity index is 7.51. The van der Waals surface area contributed by atoms with E-state index in [0.717, 1.165) is 0 Å². The first-order valence-electron chi connectivity index (χ1n) is 0. The van der Waals surface area contributed by atoms with E-state index in [2.05, 4.69) is 0 Å². The van der Waals surface area contributed by atoms with Gasteiger partial charge in [-0.3, -0.25) is 0 Å². The van der Waals surface area contributed by atoms with Gasteiger partial charge in [0.2, 0.25) is 0 Å². The maximum Gasteiger partial charge on any atom is 2.00 e. The Kier molecular flexibility index (Phi) is 1330. The fourth-order valence-corrected chi connectivity index (χ4v) is 0. The van der Waals surface area contributed by atoms with E-state index in [1.807, 2.05) is 0 Å². The zero-order chi connectivity index (χ0) is 0. The predicted molar refractivity (Wildman–Crippen MR) is 20.2 cm³/mol. The molecule has 4 nitrogen and oxygen atoms in total. The molecule has 0 saturated carbocycles. The van der Waals surface area contributed by atoms with Crippen molar-refractivity contribution < 1.29 is 43.0 Å². The molecule has 0 amide bonds. The van der Waals surface area contributed by atoms with Crippen molar-refractivity contribution in [1.82, 2.24) is 0 Å². The standard InChI is InChI=1S/Ca.Mo.4H2O/h;;4*1H2/q+2;;;;;. The average molecular weight is 208 g/mol. The summed E-state index contributed by atoms with van der Waals surface area (Å²) in [5, 5.41) is 0. The fraction of sp³-hybridized carbons (Fsp3) is 0. The van der Waals surface area contributed by atoms with Crippen LogP contribution in [0.2, 0.25) is 0 Å². The second kappa shape index (κ2) is 71.1. The minimum Gasteiger partial charge on any atom is -0.412 e. The maximum atomic E-state index is 0. The Hall–Kier alpha value is 1.79. The number of rotatable bonds is 0. The Labute approximate surface area is 79.8 Å². The van der Waals surface area contributed by atoms with Crippen LogP contribution in [0.5, 0.6) is 0 Å². The van der Waals surface area contributed by atoms with Crippen LogP contribution in [0.25, 0.3) is 0 Å². The molecule has 0 aliphatic rings. The summed E-state index contributed by atoms with van der Waals surface area (Å²) in [7, 11) is 0. The van der Waals surface area contributed by atoms with Crippen molar-refractivity contribution in [2.24, 2.45) is 0 Å². The molecule has 0 aromatic heterocycles. The van der Waals surface area contributed by atoms with Gasteiger partial charge >= 0.3 is 37.7 Å². The SMILES string of the molecule is O.O.O.O.[Ca+2].[Mo]. The quantitative estimate of drug-likeness (QED) is 0.363. The number of hydrogen-bond acceptors (Lipinski definition) is 0. The summed E-state index contributed by atoms with van der Waals surface area (Å²) in [5.74, 6) is 0. The maximum absolute atomic E-state index is 0. The third-order valence-corrected chi connectivity index (χ3v) is 0. The van der Waals surface area contributed by atoms with Crippen molar-refractivity contribution >= 4 is 37.7 Å². The first-order valence-corrected chi connectivity index (χ1v) is 0. The molecule has 38 valence electrons. The van der Waals surface area contributed by atoms with Crippen LogP contribution < -0.4 is 0 Å². The van der Waals surface area contributed by atoms with Gasteiger partial charge in [0.25, 0.3) is 0 Å². The fourth-order valence-electron chi connectivity index (χ4n) is 0. The van der Waals surface area contributed by atoms with Crippen LogP contribution in [0, 0.1) is 0 Å². The Morgan fingerprint density at radius 3 is 0.500 bits per heavy atom. The monoisotopic (exact) mass is 210 g/mol. The molecule has 0 radical (unpaired) electrons. The van der Waals surface area contributed by atoms with Crippen LogP contribution in [0.4, 0.5) is 0 Å². The second-order valence-corrected chi connectivity index (χ2v) is 0. The van der Waals surface area contributed by atoms with Crippen molar-refractivity contribution in [3.05, 3.63) is 0 Å². The Morgan fingerprint density at radius 1 is 0.500 bits per heavy atom. The first-order chi connectivity index (χ1) is 0. The van der Waals surface area contributed by atoms with E-state index in [9.17, 15) is 0 Å². The van der Waals surface area contributed by atoms with Crippen LogP contribution in [0.1, 0.15) is 0 Å². The largest absolute Gasteiger partial charge is 2.00 e. The minimum atomic E-state index is 0. The zero-order valence-corrected chi connectivity index (χ0v) is 7.33. The van der Waals surface area contributed by atoms with Crippen LogP contribution in [0.3, 0.4) is 0 Å². The van der Waals surface area contributed by atoms with Gasteiger partial charge in [-0.25, -0.2) is 0 Å². The average Bonchev–Trinajstić information content (AvgIpc) is 0. The summed E-state index contributed by atoms with van der Waals surface area (Å²) in [6, 6.07) is 0. The topological polar surface area (TPSA) is 126 Å². The van der Waals surface area contributed by atoms with Gasteiger partial charge in [-0.05, 0) is 0 Å². The van der Waals surface area contributed by atoms with Gasteiger partial charge in [0.15, 0.2) is 0 Å². The molecule has 0 spiro atoms. The van der Waals surface area contributed by atoms with Gasteiger partial charge in [0.1, 0.15) is 0 Å². The van der Waals surface area contributed by atoms with Gasteiger partial charge in [0, 0.05) is 21.1 Å². The predicted octanol–water partition coefficient (Wildman–Crippen LogP) is -3.68. The molecule has 0 aromatic rings. The summed E-state index contributed by atoms with van der Waals surface area (Å²) >= 11 is 0. The van der Waals surface area contributed by atoms with Gasteiger partial charge < -0.3 is 21.9 Å². The summed E-state index contributed by atoms with van der Waals surface area (Å²) in [6.45, 7) is 0. The van der Waals surface area contributed by atoms with E-state index in [-0.39, 0.29) is 80.7 Å². The van der Waals surface area contributed by atoms with Gasteiger partial charge in [-0.2, -0.15) is 0 Å². The van der Waals surface area contributed by atoms with Crippen molar-refractivity contribution in [2.75, 3.05) is 0 Å². The molecule has 0 rings (SSSR count). The summed E-state index contributed by atoms with van der Waals surface area (Å²) < 4.78 is 0. The molecule has 6 heavy (non-hydrogen) atoms. The molecule has 8 N–H and O–H groups in total. The van der Waals surface area contributed by atoms with Crippen molar-refractivity contribution in [3.8, 4) is 0 Å². The summed E-state index contributed by atoms with van der Waals surface area (Å²) in [4.78, 5) is 0. The van der Waals surface area contributed by atoms with Crippen molar-refractivity contribution in [1.29, 1.82) is 0 Å². The molecule has 0 aliphatic carbocycles. The molecule has 0 aromatic carbocycles. The molecule has 0 bridgehead atoms. The van der Waals surface area contributed by atoms with Crippen molar-refractivity contribution in [2.45, 2.75) is 0 Å². The van der Waals surface area contributed by atoms with E-state index in [1.54, 1.807) is 0 Å².